The maximum Gasteiger partial charge on any atom is 0.417 e. The monoisotopic (exact) mass is 349 g/mol. The number of hydrogen-bond acceptors (Lipinski definition) is 5. The SMILES string of the molecule is COc1ccc(OC(=O)Nc2cc(-c3ccccc3N)ccc2N)cc1. The van der Waals surface area contributed by atoms with Crippen LogP contribution in [0.25, 0.3) is 11.1 Å². The Morgan fingerprint density at radius 3 is 2.27 bits per heavy atom. The molecule has 0 heterocycles. The highest BCUT2D eigenvalue weighted by Gasteiger charge is 2.10. The number of benzene rings is 3. The number of amides is 1. The Balaban J connectivity index is 1.77. The minimum absolute atomic E-state index is 0.394. The van der Waals surface area contributed by atoms with E-state index in [-0.39, 0.29) is 0 Å². The summed E-state index contributed by atoms with van der Waals surface area (Å²) in [6.45, 7) is 0. The molecule has 3 aromatic carbocycles. The van der Waals surface area contributed by atoms with E-state index in [0.29, 0.717) is 28.6 Å². The topological polar surface area (TPSA) is 99.6 Å². The number of para-hydroxylation sites is 1. The predicted molar refractivity (Wildman–Crippen MR) is 103 cm³/mol. The highest BCUT2D eigenvalue weighted by atomic mass is 16.6. The molecule has 0 unspecified atom stereocenters. The number of nitrogens with two attached hydrogens (primary N) is 2. The first-order valence-corrected chi connectivity index (χ1v) is 7.94. The van der Waals surface area contributed by atoms with Gasteiger partial charge in [0.15, 0.2) is 0 Å². The van der Waals surface area contributed by atoms with E-state index < -0.39 is 6.09 Å². The summed E-state index contributed by atoms with van der Waals surface area (Å²) in [5, 5.41) is 2.66. The molecule has 5 N–H and O–H groups in total. The summed E-state index contributed by atoms with van der Waals surface area (Å²) < 4.78 is 10.3. The molecule has 6 nitrogen and oxygen atoms in total. The van der Waals surface area contributed by atoms with Crippen LogP contribution in [0.5, 0.6) is 11.5 Å². The van der Waals surface area contributed by atoms with Crippen molar-refractivity contribution in [1.82, 2.24) is 0 Å². The molecule has 0 aliphatic carbocycles. The van der Waals surface area contributed by atoms with Gasteiger partial charge in [0.05, 0.1) is 18.5 Å². The van der Waals surface area contributed by atoms with E-state index in [1.54, 1.807) is 43.5 Å². The van der Waals surface area contributed by atoms with Crippen molar-refractivity contribution >= 4 is 23.2 Å². The second-order valence-corrected chi connectivity index (χ2v) is 5.58. The van der Waals surface area contributed by atoms with Crippen molar-refractivity contribution in [2.75, 3.05) is 23.9 Å². The standard InChI is InChI=1S/C20H19N3O3/c1-25-14-7-9-15(10-8-14)26-20(24)23-19-12-13(6-11-18(19)22)16-4-2-3-5-17(16)21/h2-12H,21-22H2,1H3,(H,23,24). The fourth-order valence-corrected chi connectivity index (χ4v) is 2.48. The van der Waals surface area contributed by atoms with E-state index >= 15 is 0 Å². The van der Waals surface area contributed by atoms with Gasteiger partial charge in [0.25, 0.3) is 0 Å². The van der Waals surface area contributed by atoms with Crippen molar-refractivity contribution in [1.29, 1.82) is 0 Å². The summed E-state index contributed by atoms with van der Waals surface area (Å²) in [7, 11) is 1.57. The number of anilines is 3. The van der Waals surface area contributed by atoms with Gasteiger partial charge in [-0.15, -0.1) is 0 Å². The molecule has 0 saturated heterocycles. The van der Waals surface area contributed by atoms with Crippen LogP contribution in [0, 0.1) is 0 Å². The molecule has 26 heavy (non-hydrogen) atoms. The molecular weight excluding hydrogens is 330 g/mol. The summed E-state index contributed by atoms with van der Waals surface area (Å²) in [4.78, 5) is 12.2. The van der Waals surface area contributed by atoms with Crippen molar-refractivity contribution < 1.29 is 14.3 Å². The molecular formula is C20H19N3O3. The Morgan fingerprint density at radius 2 is 1.58 bits per heavy atom. The molecule has 6 heteroatoms. The van der Waals surface area contributed by atoms with Crippen LogP contribution in [-0.2, 0) is 0 Å². The van der Waals surface area contributed by atoms with Crippen LogP contribution in [0.2, 0.25) is 0 Å². The number of ether oxygens (including phenoxy) is 2. The fraction of sp³-hybridized carbons (Fsp3) is 0.0500. The molecule has 3 aromatic rings. The highest BCUT2D eigenvalue weighted by Crippen LogP contribution is 2.30. The summed E-state index contributed by atoms with van der Waals surface area (Å²) in [5.41, 5.74) is 15.2. The lowest BCUT2D eigenvalue weighted by atomic mass is 10.0. The van der Waals surface area contributed by atoms with Gasteiger partial charge < -0.3 is 20.9 Å². The van der Waals surface area contributed by atoms with E-state index in [1.807, 2.05) is 30.3 Å². The summed E-state index contributed by atoms with van der Waals surface area (Å²) in [6.07, 6.45) is -0.639. The van der Waals surface area contributed by atoms with Crippen LogP contribution in [0.4, 0.5) is 21.9 Å². The number of nitrogens with one attached hydrogen (secondary N) is 1. The van der Waals surface area contributed by atoms with Gasteiger partial charge in [-0.05, 0) is 48.0 Å². The quantitative estimate of drug-likeness (QED) is 0.615. The van der Waals surface area contributed by atoms with Crippen molar-refractivity contribution in [3.63, 3.8) is 0 Å². The van der Waals surface area contributed by atoms with Gasteiger partial charge in [-0.3, -0.25) is 5.32 Å². The molecule has 0 aliphatic heterocycles. The van der Waals surface area contributed by atoms with Gasteiger partial charge >= 0.3 is 6.09 Å². The zero-order chi connectivity index (χ0) is 18.5. The van der Waals surface area contributed by atoms with Crippen molar-refractivity contribution in [3.8, 4) is 22.6 Å². The van der Waals surface area contributed by atoms with Gasteiger partial charge in [-0.25, -0.2) is 4.79 Å². The van der Waals surface area contributed by atoms with Crippen molar-refractivity contribution in [3.05, 3.63) is 66.7 Å². The van der Waals surface area contributed by atoms with Crippen LogP contribution >= 0.6 is 0 Å². The molecule has 0 saturated carbocycles. The van der Waals surface area contributed by atoms with E-state index in [0.717, 1.165) is 11.1 Å². The van der Waals surface area contributed by atoms with Crippen LogP contribution in [0.3, 0.4) is 0 Å². The first-order chi connectivity index (χ1) is 12.6. The van der Waals surface area contributed by atoms with Crippen LogP contribution in [0.1, 0.15) is 0 Å². The first-order valence-electron chi connectivity index (χ1n) is 7.94. The molecule has 0 aromatic heterocycles. The Bertz CT molecular complexity index is 924. The van der Waals surface area contributed by atoms with Crippen LogP contribution in [-0.4, -0.2) is 13.2 Å². The van der Waals surface area contributed by atoms with Crippen LogP contribution in [0.15, 0.2) is 66.7 Å². The largest absolute Gasteiger partial charge is 0.497 e. The highest BCUT2D eigenvalue weighted by molar-refractivity contribution is 5.92. The fourth-order valence-electron chi connectivity index (χ4n) is 2.48. The molecule has 0 bridgehead atoms. The number of methoxy groups -OCH3 is 1. The van der Waals surface area contributed by atoms with Gasteiger partial charge in [0, 0.05) is 11.3 Å². The summed E-state index contributed by atoms with van der Waals surface area (Å²) in [5.74, 6) is 1.07. The summed E-state index contributed by atoms with van der Waals surface area (Å²) >= 11 is 0. The lowest BCUT2D eigenvalue weighted by Crippen LogP contribution is -2.17. The molecule has 132 valence electrons. The van der Waals surface area contributed by atoms with Crippen LogP contribution < -0.4 is 26.3 Å². The third-order valence-corrected chi connectivity index (χ3v) is 3.83. The third kappa shape index (κ3) is 3.87. The average molecular weight is 349 g/mol. The zero-order valence-electron chi connectivity index (χ0n) is 14.2. The predicted octanol–water partition coefficient (Wildman–Crippen LogP) is 4.14. The second-order valence-electron chi connectivity index (χ2n) is 5.58. The first kappa shape index (κ1) is 17.2. The minimum Gasteiger partial charge on any atom is -0.497 e. The Labute approximate surface area is 151 Å². The van der Waals surface area contributed by atoms with Gasteiger partial charge in [0.2, 0.25) is 0 Å². The molecule has 0 fully saturated rings. The lowest BCUT2D eigenvalue weighted by Gasteiger charge is -2.12. The molecule has 0 radical (unpaired) electrons. The molecule has 0 aliphatic rings. The van der Waals surface area contributed by atoms with Gasteiger partial charge in [0.1, 0.15) is 11.5 Å². The van der Waals surface area contributed by atoms with Crippen molar-refractivity contribution in [2.45, 2.75) is 0 Å². The average Bonchev–Trinajstić information content (AvgIpc) is 2.65. The smallest absolute Gasteiger partial charge is 0.417 e. The number of nitrogen functional groups attached to an aromatic ring is 2. The normalized spacial score (nSPS) is 10.2. The Kier molecular flexibility index (Phi) is 4.94. The second kappa shape index (κ2) is 7.48. The Morgan fingerprint density at radius 1 is 0.885 bits per heavy atom. The van der Waals surface area contributed by atoms with E-state index in [2.05, 4.69) is 5.32 Å². The van der Waals surface area contributed by atoms with Crippen molar-refractivity contribution in [2.24, 2.45) is 0 Å². The number of carbonyl (C=O) groups is 1. The van der Waals surface area contributed by atoms with E-state index in [1.165, 1.54) is 0 Å². The molecule has 0 spiro atoms. The molecule has 3 rings (SSSR count). The van der Waals surface area contributed by atoms with E-state index in [4.69, 9.17) is 20.9 Å². The molecule has 1 amide bonds. The Hall–Kier alpha value is -3.67. The zero-order valence-corrected chi connectivity index (χ0v) is 14.2. The maximum atomic E-state index is 12.2. The maximum absolute atomic E-state index is 12.2. The number of rotatable bonds is 4. The van der Waals surface area contributed by atoms with E-state index in [9.17, 15) is 4.79 Å². The minimum atomic E-state index is -0.639. The van der Waals surface area contributed by atoms with Gasteiger partial charge in [-0.2, -0.15) is 0 Å². The van der Waals surface area contributed by atoms with Gasteiger partial charge in [-0.1, -0.05) is 24.3 Å². The number of carbonyl (C=O) groups excluding carboxylic acids is 1. The third-order valence-electron chi connectivity index (χ3n) is 3.83. The number of hydrogen-bond donors (Lipinski definition) is 3. The lowest BCUT2D eigenvalue weighted by molar-refractivity contribution is 0.215. The summed E-state index contributed by atoms with van der Waals surface area (Å²) in [6, 6.07) is 19.5. The molecule has 0 atom stereocenters.